The molecule has 7 nitrogen and oxygen atoms in total. The van der Waals surface area contributed by atoms with Crippen molar-refractivity contribution in [3.63, 3.8) is 0 Å². The van der Waals surface area contributed by atoms with Crippen LogP contribution in [0.25, 0.3) is 0 Å². The Balaban J connectivity index is 2.13. The summed E-state index contributed by atoms with van der Waals surface area (Å²) < 4.78 is 0. The Bertz CT molecular complexity index is 403. The van der Waals surface area contributed by atoms with Crippen LogP contribution in [0, 0.1) is 0 Å². The van der Waals surface area contributed by atoms with Crippen LogP contribution in [-0.4, -0.2) is 76.0 Å². The second-order valence-corrected chi connectivity index (χ2v) is 5.84. The molecule has 0 spiro atoms. The number of carbonyl (C=O) groups excluding carboxylic acids is 2. The van der Waals surface area contributed by atoms with Crippen LogP contribution < -0.4 is 5.32 Å². The quantitative estimate of drug-likeness (QED) is 0.674. The van der Waals surface area contributed by atoms with Gasteiger partial charge in [0.05, 0.1) is 0 Å². The summed E-state index contributed by atoms with van der Waals surface area (Å²) >= 11 is 1.77. The molecule has 0 aromatic rings. The topological polar surface area (TPSA) is 90.0 Å². The summed E-state index contributed by atoms with van der Waals surface area (Å²) in [6.07, 6.45) is 0. The zero-order chi connectivity index (χ0) is 14.0. The van der Waals surface area contributed by atoms with Crippen molar-refractivity contribution in [2.45, 2.75) is 19.0 Å². The van der Waals surface area contributed by atoms with Crippen LogP contribution in [0.4, 0.5) is 4.79 Å². The second-order valence-electron chi connectivity index (χ2n) is 4.69. The van der Waals surface area contributed by atoms with Crippen molar-refractivity contribution in [1.29, 1.82) is 0 Å². The summed E-state index contributed by atoms with van der Waals surface area (Å²) in [6.45, 7) is 2.31. The van der Waals surface area contributed by atoms with E-state index in [0.717, 1.165) is 16.4 Å². The number of hydrogen-bond donors (Lipinski definition) is 2. The minimum Gasteiger partial charge on any atom is -0.480 e. The maximum absolute atomic E-state index is 12.4. The Labute approximate surface area is 115 Å². The first-order chi connectivity index (χ1) is 9.00. The van der Waals surface area contributed by atoms with E-state index < -0.39 is 12.0 Å². The molecule has 0 aliphatic carbocycles. The predicted molar refractivity (Wildman–Crippen MR) is 70.0 cm³/mol. The molecule has 2 aliphatic rings. The van der Waals surface area contributed by atoms with E-state index in [2.05, 4.69) is 5.32 Å². The highest BCUT2D eigenvalue weighted by molar-refractivity contribution is 7.99. The van der Waals surface area contributed by atoms with Gasteiger partial charge in [-0.2, -0.15) is 11.8 Å². The minimum absolute atomic E-state index is 0.0309. The molecular formula is C11H17N3O4S. The molecule has 0 radical (unpaired) electrons. The first-order valence-corrected chi connectivity index (χ1v) is 7.30. The number of aliphatic carboxylic acids is 1. The highest BCUT2D eigenvalue weighted by Gasteiger charge is 2.38. The van der Waals surface area contributed by atoms with E-state index in [1.165, 1.54) is 0 Å². The molecule has 2 atom stereocenters. The smallest absolute Gasteiger partial charge is 0.328 e. The standard InChI is InChI=1S/C11H17N3O4S/c1-7-6-19-3-2-13(7)11(18)14-5-9(15)12-4-8(14)10(16)17/h7-8H,2-6H2,1H3,(H,12,15)(H,16,17). The van der Waals surface area contributed by atoms with Crippen LogP contribution in [0.15, 0.2) is 0 Å². The number of carbonyl (C=O) groups is 3. The third kappa shape index (κ3) is 2.94. The Morgan fingerprint density at radius 1 is 1.42 bits per heavy atom. The van der Waals surface area contributed by atoms with Crippen molar-refractivity contribution < 1.29 is 19.5 Å². The van der Waals surface area contributed by atoms with Gasteiger partial charge in [0.2, 0.25) is 5.91 Å². The average molecular weight is 287 g/mol. The molecule has 106 valence electrons. The van der Waals surface area contributed by atoms with Gasteiger partial charge in [-0.3, -0.25) is 9.69 Å². The SMILES string of the molecule is CC1CSCCN1C(=O)N1CC(=O)NCC1C(=O)O. The Morgan fingerprint density at radius 3 is 2.79 bits per heavy atom. The van der Waals surface area contributed by atoms with E-state index in [-0.39, 0.29) is 31.1 Å². The highest BCUT2D eigenvalue weighted by atomic mass is 32.2. The summed E-state index contributed by atoms with van der Waals surface area (Å²) in [5.41, 5.74) is 0. The number of thioether (sulfide) groups is 1. The predicted octanol–water partition coefficient (Wildman–Crippen LogP) is -0.571. The van der Waals surface area contributed by atoms with Gasteiger partial charge in [-0.25, -0.2) is 9.59 Å². The van der Waals surface area contributed by atoms with E-state index in [0.29, 0.717) is 6.54 Å². The van der Waals surface area contributed by atoms with Gasteiger partial charge >= 0.3 is 12.0 Å². The van der Waals surface area contributed by atoms with Gasteiger partial charge in [-0.15, -0.1) is 0 Å². The molecule has 2 N–H and O–H groups in total. The molecule has 8 heteroatoms. The maximum atomic E-state index is 12.4. The normalized spacial score (nSPS) is 27.9. The summed E-state index contributed by atoms with van der Waals surface area (Å²) in [4.78, 5) is 37.8. The van der Waals surface area contributed by atoms with Gasteiger partial charge in [0.15, 0.2) is 0 Å². The van der Waals surface area contributed by atoms with Crippen molar-refractivity contribution in [1.82, 2.24) is 15.1 Å². The van der Waals surface area contributed by atoms with Gasteiger partial charge in [0.25, 0.3) is 0 Å². The molecule has 2 unspecified atom stereocenters. The number of nitrogens with zero attached hydrogens (tertiary/aromatic N) is 2. The summed E-state index contributed by atoms with van der Waals surface area (Å²) in [6, 6.07) is -1.27. The second kappa shape index (κ2) is 5.68. The third-order valence-corrected chi connectivity index (χ3v) is 4.52. The summed E-state index contributed by atoms with van der Waals surface area (Å²) in [7, 11) is 0. The van der Waals surface area contributed by atoms with Crippen LogP contribution in [0.5, 0.6) is 0 Å². The van der Waals surface area contributed by atoms with Crippen molar-refractivity contribution in [3.05, 3.63) is 0 Å². The minimum atomic E-state index is -1.09. The Hall–Kier alpha value is -1.44. The first kappa shape index (κ1) is 14.0. The summed E-state index contributed by atoms with van der Waals surface area (Å²) in [5, 5.41) is 11.6. The number of rotatable bonds is 1. The van der Waals surface area contributed by atoms with Crippen LogP contribution in [0.1, 0.15) is 6.92 Å². The van der Waals surface area contributed by atoms with Gasteiger partial charge < -0.3 is 15.3 Å². The zero-order valence-electron chi connectivity index (χ0n) is 10.7. The van der Waals surface area contributed by atoms with Gasteiger partial charge in [0.1, 0.15) is 12.6 Å². The lowest BCUT2D eigenvalue weighted by Gasteiger charge is -2.40. The molecule has 2 rings (SSSR count). The number of amides is 3. The Kier molecular flexibility index (Phi) is 4.18. The molecule has 0 bridgehead atoms. The monoisotopic (exact) mass is 287 g/mol. The van der Waals surface area contributed by atoms with E-state index in [1.54, 1.807) is 16.7 Å². The van der Waals surface area contributed by atoms with E-state index in [9.17, 15) is 14.4 Å². The third-order valence-electron chi connectivity index (χ3n) is 3.33. The van der Waals surface area contributed by atoms with E-state index in [4.69, 9.17) is 5.11 Å². The van der Waals surface area contributed by atoms with Gasteiger partial charge in [-0.1, -0.05) is 0 Å². The van der Waals surface area contributed by atoms with Crippen molar-refractivity contribution in [2.75, 3.05) is 31.1 Å². The van der Waals surface area contributed by atoms with Crippen LogP contribution in [-0.2, 0) is 9.59 Å². The van der Waals surface area contributed by atoms with E-state index in [1.807, 2.05) is 6.92 Å². The zero-order valence-corrected chi connectivity index (χ0v) is 11.5. The van der Waals surface area contributed by atoms with Gasteiger partial charge in [-0.05, 0) is 6.92 Å². The molecule has 19 heavy (non-hydrogen) atoms. The lowest BCUT2D eigenvalue weighted by molar-refractivity contribution is -0.144. The van der Waals surface area contributed by atoms with Crippen LogP contribution in [0.3, 0.4) is 0 Å². The largest absolute Gasteiger partial charge is 0.480 e. The fourth-order valence-corrected chi connectivity index (χ4v) is 3.25. The summed E-state index contributed by atoms with van der Waals surface area (Å²) in [5.74, 6) is 0.273. The molecule has 0 saturated carbocycles. The fourth-order valence-electron chi connectivity index (χ4n) is 2.24. The lowest BCUT2D eigenvalue weighted by atomic mass is 10.2. The molecule has 0 aromatic heterocycles. The molecular weight excluding hydrogens is 270 g/mol. The number of hydrogen-bond acceptors (Lipinski definition) is 4. The lowest BCUT2D eigenvalue weighted by Crippen LogP contribution is -2.63. The molecule has 2 heterocycles. The number of urea groups is 1. The number of carboxylic acids is 1. The molecule has 0 aromatic carbocycles. The molecule has 2 saturated heterocycles. The molecule has 3 amide bonds. The van der Waals surface area contributed by atoms with E-state index >= 15 is 0 Å². The maximum Gasteiger partial charge on any atom is 0.328 e. The van der Waals surface area contributed by atoms with Crippen molar-refractivity contribution in [2.24, 2.45) is 0 Å². The molecule has 2 aliphatic heterocycles. The first-order valence-electron chi connectivity index (χ1n) is 6.15. The average Bonchev–Trinajstić information content (AvgIpc) is 2.38. The fraction of sp³-hybridized carbons (Fsp3) is 0.727. The number of nitrogens with one attached hydrogen (secondary N) is 1. The molecule has 2 fully saturated rings. The Morgan fingerprint density at radius 2 is 2.16 bits per heavy atom. The number of piperazine rings is 1. The van der Waals surface area contributed by atoms with Gasteiger partial charge in [0, 0.05) is 30.6 Å². The number of carboxylic acid groups (broad SMARTS) is 1. The van der Waals surface area contributed by atoms with Crippen molar-refractivity contribution in [3.8, 4) is 0 Å². The van der Waals surface area contributed by atoms with Crippen molar-refractivity contribution >= 4 is 29.7 Å². The van der Waals surface area contributed by atoms with Crippen LogP contribution >= 0.6 is 11.8 Å². The highest BCUT2D eigenvalue weighted by Crippen LogP contribution is 2.19. The van der Waals surface area contributed by atoms with Crippen LogP contribution in [0.2, 0.25) is 0 Å².